The van der Waals surface area contributed by atoms with Gasteiger partial charge in [-0.2, -0.15) is 5.26 Å². The van der Waals surface area contributed by atoms with Crippen LogP contribution in [0.3, 0.4) is 0 Å². The molecule has 0 aliphatic carbocycles. The highest BCUT2D eigenvalue weighted by atomic mass is 19.1. The highest BCUT2D eigenvalue weighted by molar-refractivity contribution is 5.98. The molecular formula is C19H15FN2. The molecule has 0 amide bonds. The van der Waals surface area contributed by atoms with Crippen LogP contribution in [0.2, 0.25) is 0 Å². The summed E-state index contributed by atoms with van der Waals surface area (Å²) in [4.78, 5) is 0. The zero-order chi connectivity index (χ0) is 15.5. The third kappa shape index (κ3) is 2.51. The first-order valence-corrected chi connectivity index (χ1v) is 7.18. The molecule has 22 heavy (non-hydrogen) atoms. The molecule has 0 saturated carbocycles. The van der Waals surface area contributed by atoms with Gasteiger partial charge in [-0.25, -0.2) is 4.39 Å². The van der Waals surface area contributed by atoms with Crippen molar-refractivity contribution in [1.82, 2.24) is 4.57 Å². The number of aryl methyl sites for hydroxylation is 1. The second-order valence-corrected chi connectivity index (χ2v) is 5.07. The fourth-order valence-corrected chi connectivity index (χ4v) is 2.64. The van der Waals surface area contributed by atoms with Crippen LogP contribution in [0.5, 0.6) is 0 Å². The van der Waals surface area contributed by atoms with E-state index < -0.39 is 0 Å². The highest BCUT2D eigenvalue weighted by Gasteiger charge is 2.08. The van der Waals surface area contributed by atoms with Gasteiger partial charge in [-0.05, 0) is 36.8 Å². The Morgan fingerprint density at radius 2 is 2.05 bits per heavy atom. The Balaban J connectivity index is 2.16. The molecule has 0 aliphatic rings. The van der Waals surface area contributed by atoms with E-state index in [0.717, 1.165) is 23.0 Å². The Labute approximate surface area is 128 Å². The summed E-state index contributed by atoms with van der Waals surface area (Å²) in [6, 6.07) is 16.4. The number of para-hydroxylation sites is 1. The number of nitrogens with zero attached hydrogens (tertiary/aromatic N) is 2. The summed E-state index contributed by atoms with van der Waals surface area (Å²) in [5.74, 6) is -0.338. The van der Waals surface area contributed by atoms with Crippen molar-refractivity contribution in [3.8, 4) is 6.07 Å². The predicted molar refractivity (Wildman–Crippen MR) is 87.5 cm³/mol. The molecule has 0 bridgehead atoms. The Kier molecular flexibility index (Phi) is 3.76. The van der Waals surface area contributed by atoms with Crippen molar-refractivity contribution in [2.75, 3.05) is 0 Å². The topological polar surface area (TPSA) is 28.7 Å². The van der Waals surface area contributed by atoms with Crippen molar-refractivity contribution in [2.24, 2.45) is 0 Å². The molecular weight excluding hydrogens is 275 g/mol. The molecule has 0 N–H and O–H groups in total. The van der Waals surface area contributed by atoms with Gasteiger partial charge in [0.25, 0.3) is 0 Å². The van der Waals surface area contributed by atoms with Gasteiger partial charge in [0.1, 0.15) is 5.82 Å². The van der Waals surface area contributed by atoms with Gasteiger partial charge in [-0.1, -0.05) is 30.3 Å². The van der Waals surface area contributed by atoms with Crippen LogP contribution >= 0.6 is 0 Å². The van der Waals surface area contributed by atoms with Gasteiger partial charge in [-0.3, -0.25) is 0 Å². The van der Waals surface area contributed by atoms with E-state index in [9.17, 15) is 9.65 Å². The Morgan fingerprint density at radius 1 is 1.23 bits per heavy atom. The van der Waals surface area contributed by atoms with Gasteiger partial charge < -0.3 is 4.57 Å². The summed E-state index contributed by atoms with van der Waals surface area (Å²) in [7, 11) is 0. The number of fused-ring (bicyclic) bond motifs is 1. The van der Waals surface area contributed by atoms with E-state index in [-0.39, 0.29) is 5.82 Å². The molecule has 1 aromatic heterocycles. The average Bonchev–Trinajstić information content (AvgIpc) is 2.90. The molecule has 0 aliphatic heterocycles. The molecule has 3 aromatic rings. The van der Waals surface area contributed by atoms with Crippen LogP contribution in [-0.2, 0) is 6.54 Å². The number of hydrogen-bond donors (Lipinski definition) is 0. The van der Waals surface area contributed by atoms with Gasteiger partial charge in [0.15, 0.2) is 0 Å². The number of aromatic nitrogens is 1. The van der Waals surface area contributed by atoms with E-state index in [1.807, 2.05) is 30.5 Å². The number of benzene rings is 2. The largest absolute Gasteiger partial charge is 0.347 e. The van der Waals surface area contributed by atoms with Crippen molar-refractivity contribution in [3.63, 3.8) is 0 Å². The molecule has 2 aromatic carbocycles. The van der Waals surface area contributed by atoms with Crippen LogP contribution in [-0.4, -0.2) is 4.57 Å². The third-order valence-corrected chi connectivity index (χ3v) is 3.72. The molecule has 108 valence electrons. The monoisotopic (exact) mass is 290 g/mol. The number of halogens is 1. The lowest BCUT2D eigenvalue weighted by atomic mass is 10.0. The number of allylic oxidation sites excluding steroid dienone is 1. The standard InChI is InChI=1S/C19H15FN2/c1-2-22-13-16(18-8-3-4-9-19(18)22)10-15(12-21)14-6-5-7-17(20)11-14/h3-11,13H,2H2,1H3/b15-10-. The maximum Gasteiger partial charge on any atom is 0.123 e. The molecule has 0 atom stereocenters. The average molecular weight is 290 g/mol. The number of hydrogen-bond acceptors (Lipinski definition) is 1. The molecule has 0 fully saturated rings. The van der Waals surface area contributed by atoms with Gasteiger partial charge in [-0.15, -0.1) is 0 Å². The lowest BCUT2D eigenvalue weighted by molar-refractivity contribution is 0.627. The van der Waals surface area contributed by atoms with E-state index in [4.69, 9.17) is 0 Å². The highest BCUT2D eigenvalue weighted by Crippen LogP contribution is 2.26. The van der Waals surface area contributed by atoms with Crippen LogP contribution in [0.15, 0.2) is 54.7 Å². The van der Waals surface area contributed by atoms with E-state index >= 15 is 0 Å². The van der Waals surface area contributed by atoms with Crippen LogP contribution in [0, 0.1) is 17.1 Å². The zero-order valence-corrected chi connectivity index (χ0v) is 12.3. The molecule has 0 saturated heterocycles. The van der Waals surface area contributed by atoms with E-state index in [1.165, 1.54) is 12.1 Å². The molecule has 3 rings (SSSR count). The summed E-state index contributed by atoms with van der Waals surface area (Å²) >= 11 is 0. The van der Waals surface area contributed by atoms with Crippen molar-refractivity contribution >= 4 is 22.6 Å². The molecule has 3 heteroatoms. The SMILES string of the molecule is CCn1cc(/C=C(/C#N)c2cccc(F)c2)c2ccccc21. The second kappa shape index (κ2) is 5.87. The minimum atomic E-state index is -0.338. The minimum Gasteiger partial charge on any atom is -0.347 e. The minimum absolute atomic E-state index is 0.338. The van der Waals surface area contributed by atoms with Crippen molar-refractivity contribution in [2.45, 2.75) is 13.5 Å². The van der Waals surface area contributed by atoms with E-state index in [1.54, 1.807) is 12.1 Å². The van der Waals surface area contributed by atoms with E-state index in [2.05, 4.69) is 23.6 Å². The summed E-state index contributed by atoms with van der Waals surface area (Å²) in [5.41, 5.74) is 3.15. The summed E-state index contributed by atoms with van der Waals surface area (Å²) in [6.07, 6.45) is 3.85. The first-order valence-electron chi connectivity index (χ1n) is 7.18. The Morgan fingerprint density at radius 3 is 2.77 bits per heavy atom. The van der Waals surface area contributed by atoms with Crippen molar-refractivity contribution in [3.05, 3.63) is 71.7 Å². The molecule has 0 radical (unpaired) electrons. The lowest BCUT2D eigenvalue weighted by Gasteiger charge is -1.99. The van der Waals surface area contributed by atoms with E-state index in [0.29, 0.717) is 11.1 Å². The van der Waals surface area contributed by atoms with Crippen LogP contribution in [0.25, 0.3) is 22.6 Å². The van der Waals surface area contributed by atoms with Gasteiger partial charge in [0.05, 0.1) is 11.6 Å². The molecule has 1 heterocycles. The molecule has 0 unspecified atom stereocenters. The maximum absolute atomic E-state index is 13.4. The zero-order valence-electron chi connectivity index (χ0n) is 12.3. The van der Waals surface area contributed by atoms with Gasteiger partial charge in [0.2, 0.25) is 0 Å². The summed E-state index contributed by atoms with van der Waals surface area (Å²) in [5, 5.41) is 10.5. The fourth-order valence-electron chi connectivity index (χ4n) is 2.64. The number of nitriles is 1. The summed E-state index contributed by atoms with van der Waals surface area (Å²) < 4.78 is 15.5. The van der Waals surface area contributed by atoms with Crippen LogP contribution in [0.1, 0.15) is 18.1 Å². The molecule has 0 spiro atoms. The van der Waals surface area contributed by atoms with Crippen LogP contribution in [0.4, 0.5) is 4.39 Å². The second-order valence-electron chi connectivity index (χ2n) is 5.07. The quantitative estimate of drug-likeness (QED) is 0.633. The normalized spacial score (nSPS) is 11.6. The predicted octanol–water partition coefficient (Wildman–Crippen LogP) is 4.86. The van der Waals surface area contributed by atoms with Crippen molar-refractivity contribution in [1.29, 1.82) is 5.26 Å². The number of rotatable bonds is 3. The third-order valence-electron chi connectivity index (χ3n) is 3.72. The Bertz CT molecular complexity index is 897. The fraction of sp³-hybridized carbons (Fsp3) is 0.105. The van der Waals surface area contributed by atoms with Crippen molar-refractivity contribution < 1.29 is 4.39 Å². The van der Waals surface area contributed by atoms with Gasteiger partial charge >= 0.3 is 0 Å². The summed E-state index contributed by atoms with van der Waals surface area (Å²) in [6.45, 7) is 2.94. The maximum atomic E-state index is 13.4. The Hall–Kier alpha value is -2.86. The lowest BCUT2D eigenvalue weighted by Crippen LogP contribution is -1.89. The first kappa shape index (κ1) is 14.1. The smallest absolute Gasteiger partial charge is 0.123 e. The van der Waals surface area contributed by atoms with Crippen LogP contribution < -0.4 is 0 Å². The molecule has 2 nitrogen and oxygen atoms in total. The van der Waals surface area contributed by atoms with Gasteiger partial charge in [0, 0.05) is 29.2 Å². The first-order chi connectivity index (χ1) is 10.7.